The van der Waals surface area contributed by atoms with E-state index >= 15 is 0 Å². The molecule has 0 aliphatic heterocycles. The van der Waals surface area contributed by atoms with Gasteiger partial charge in [0.2, 0.25) is 0 Å². The van der Waals surface area contributed by atoms with Crippen molar-refractivity contribution in [2.75, 3.05) is 0 Å². The van der Waals surface area contributed by atoms with Gasteiger partial charge in [-0.25, -0.2) is 0 Å². The molecule has 0 radical (unpaired) electrons. The Kier molecular flexibility index (Phi) is 8.14. The quantitative estimate of drug-likeness (QED) is 0.758. The van der Waals surface area contributed by atoms with Crippen LogP contribution >= 0.6 is 0 Å². The molecular formula is C18H24O2. The summed E-state index contributed by atoms with van der Waals surface area (Å²) in [6, 6.07) is 6.93. The fourth-order valence-electron chi connectivity index (χ4n) is 2.01. The number of allylic oxidation sites excluding steroid dienone is 3. The van der Waals surface area contributed by atoms with Crippen LogP contribution in [-0.2, 0) is 0 Å². The second kappa shape index (κ2) is 9.03. The zero-order valence-electron chi connectivity index (χ0n) is 13.1. The molecule has 0 aromatic heterocycles. The van der Waals surface area contributed by atoms with Crippen LogP contribution in [0.3, 0.4) is 0 Å². The number of fused-ring (bicyclic) bond motifs is 1. The summed E-state index contributed by atoms with van der Waals surface area (Å²) >= 11 is 0. The molecular weight excluding hydrogens is 248 g/mol. The van der Waals surface area contributed by atoms with Crippen LogP contribution in [0.4, 0.5) is 0 Å². The van der Waals surface area contributed by atoms with Gasteiger partial charge < -0.3 is 0 Å². The Hall–Kier alpha value is -1.96. The number of carbonyl (C=O) groups is 2. The van der Waals surface area contributed by atoms with Crippen molar-refractivity contribution in [3.8, 4) is 0 Å². The van der Waals surface area contributed by atoms with Crippen LogP contribution < -0.4 is 0 Å². The van der Waals surface area contributed by atoms with Crippen LogP contribution in [0.5, 0.6) is 0 Å². The topological polar surface area (TPSA) is 34.1 Å². The predicted molar refractivity (Wildman–Crippen MR) is 85.3 cm³/mol. The van der Waals surface area contributed by atoms with E-state index in [1.165, 1.54) is 6.08 Å². The third-order valence-electron chi connectivity index (χ3n) is 2.82. The van der Waals surface area contributed by atoms with Crippen molar-refractivity contribution in [2.24, 2.45) is 0 Å². The summed E-state index contributed by atoms with van der Waals surface area (Å²) in [5.74, 6) is -0.144. The number of rotatable bonds is 2. The molecule has 0 heterocycles. The zero-order chi connectivity index (χ0) is 15.7. The van der Waals surface area contributed by atoms with Crippen molar-refractivity contribution in [2.45, 2.75) is 41.0 Å². The summed E-state index contributed by atoms with van der Waals surface area (Å²) in [4.78, 5) is 24.2. The molecule has 1 aliphatic rings. The monoisotopic (exact) mass is 272 g/mol. The summed E-state index contributed by atoms with van der Waals surface area (Å²) in [5, 5.41) is 0. The van der Waals surface area contributed by atoms with Gasteiger partial charge in [0.25, 0.3) is 0 Å². The summed E-state index contributed by atoms with van der Waals surface area (Å²) in [6.07, 6.45) is 2.04. The van der Waals surface area contributed by atoms with E-state index < -0.39 is 0 Å². The van der Waals surface area contributed by atoms with Crippen molar-refractivity contribution in [1.29, 1.82) is 0 Å². The van der Waals surface area contributed by atoms with Gasteiger partial charge in [-0.15, -0.1) is 0 Å². The highest BCUT2D eigenvalue weighted by Gasteiger charge is 2.28. The highest BCUT2D eigenvalue weighted by molar-refractivity contribution is 6.27. The summed E-state index contributed by atoms with van der Waals surface area (Å²) in [7, 11) is 0. The molecule has 1 aromatic carbocycles. The average molecular weight is 272 g/mol. The minimum absolute atomic E-state index is 0.0485. The molecule has 0 fully saturated rings. The molecule has 1 aliphatic carbocycles. The van der Waals surface area contributed by atoms with Gasteiger partial charge in [0, 0.05) is 22.3 Å². The van der Waals surface area contributed by atoms with Crippen LogP contribution in [0.15, 0.2) is 48.1 Å². The van der Waals surface area contributed by atoms with E-state index in [0.29, 0.717) is 28.7 Å². The van der Waals surface area contributed by atoms with Crippen LogP contribution in [0, 0.1) is 0 Å². The van der Waals surface area contributed by atoms with E-state index in [2.05, 4.69) is 6.58 Å². The predicted octanol–water partition coefficient (Wildman–Crippen LogP) is 5.01. The maximum Gasteiger partial charge on any atom is 0.194 e. The normalized spacial score (nSPS) is 12.7. The first kappa shape index (κ1) is 18.0. The summed E-state index contributed by atoms with van der Waals surface area (Å²) in [5.41, 5.74) is 2.01. The minimum atomic E-state index is -0.0953. The summed E-state index contributed by atoms with van der Waals surface area (Å²) < 4.78 is 0. The molecule has 2 heteroatoms. The Labute approximate surface area is 122 Å². The standard InChI is InChI=1S/C14H12O2.2C2H6/c1-3-9-10(4-2)14(16)12-8-6-5-7-11(12)13(9)15;2*1-2/h3,5-8H,1,4H2,2H3;2*1-2H3. The van der Waals surface area contributed by atoms with E-state index in [4.69, 9.17) is 0 Å². The van der Waals surface area contributed by atoms with Crippen molar-refractivity contribution < 1.29 is 9.59 Å². The number of hydrogen-bond donors (Lipinski definition) is 0. The minimum Gasteiger partial charge on any atom is -0.289 e. The van der Waals surface area contributed by atoms with Crippen LogP contribution in [0.1, 0.15) is 61.8 Å². The van der Waals surface area contributed by atoms with Crippen LogP contribution in [0.2, 0.25) is 0 Å². The van der Waals surface area contributed by atoms with E-state index in [-0.39, 0.29) is 11.6 Å². The van der Waals surface area contributed by atoms with Gasteiger partial charge >= 0.3 is 0 Å². The highest BCUT2D eigenvalue weighted by Crippen LogP contribution is 2.28. The number of carbonyl (C=O) groups excluding carboxylic acids is 2. The van der Waals surface area contributed by atoms with Gasteiger partial charge in [-0.3, -0.25) is 9.59 Å². The lowest BCUT2D eigenvalue weighted by atomic mass is 9.83. The molecule has 20 heavy (non-hydrogen) atoms. The molecule has 2 nitrogen and oxygen atoms in total. The maximum absolute atomic E-state index is 12.1. The summed E-state index contributed by atoms with van der Waals surface area (Å²) in [6.45, 7) is 13.5. The van der Waals surface area contributed by atoms with E-state index in [0.717, 1.165) is 0 Å². The van der Waals surface area contributed by atoms with Gasteiger partial charge in [0.1, 0.15) is 0 Å². The fraction of sp³-hybridized carbons (Fsp3) is 0.333. The van der Waals surface area contributed by atoms with Gasteiger partial charge in [0.15, 0.2) is 11.6 Å². The Morgan fingerprint density at radius 2 is 1.40 bits per heavy atom. The smallest absolute Gasteiger partial charge is 0.194 e. The number of Topliss-reactive ketones (excluding diaryl/α,β-unsaturated/α-hetero) is 2. The van der Waals surface area contributed by atoms with Gasteiger partial charge in [-0.1, -0.05) is 71.5 Å². The Bertz CT molecular complexity index is 522. The molecule has 0 N–H and O–H groups in total. The van der Waals surface area contributed by atoms with Gasteiger partial charge in [-0.2, -0.15) is 0 Å². The Morgan fingerprint density at radius 3 is 1.80 bits per heavy atom. The molecule has 0 saturated heterocycles. The second-order valence-corrected chi connectivity index (χ2v) is 3.65. The van der Waals surface area contributed by atoms with Crippen molar-refractivity contribution in [3.63, 3.8) is 0 Å². The lowest BCUT2D eigenvalue weighted by Crippen LogP contribution is -2.20. The van der Waals surface area contributed by atoms with E-state index in [1.54, 1.807) is 24.3 Å². The SMILES string of the molecule is C=CC1=C(CC)C(=O)c2ccccc2C1=O.CC.CC. The van der Waals surface area contributed by atoms with E-state index in [1.807, 2.05) is 34.6 Å². The maximum atomic E-state index is 12.1. The number of ketones is 2. The highest BCUT2D eigenvalue weighted by atomic mass is 16.1. The average Bonchev–Trinajstić information content (AvgIpc) is 2.54. The molecule has 0 atom stereocenters. The van der Waals surface area contributed by atoms with Gasteiger partial charge in [-0.05, 0) is 6.42 Å². The first-order valence-corrected chi connectivity index (χ1v) is 7.24. The molecule has 2 rings (SSSR count). The zero-order valence-corrected chi connectivity index (χ0v) is 13.1. The van der Waals surface area contributed by atoms with E-state index in [9.17, 15) is 9.59 Å². The number of benzene rings is 1. The first-order chi connectivity index (χ1) is 9.70. The first-order valence-electron chi connectivity index (χ1n) is 7.24. The van der Waals surface area contributed by atoms with Crippen LogP contribution in [0.25, 0.3) is 0 Å². The second-order valence-electron chi connectivity index (χ2n) is 3.65. The third-order valence-corrected chi connectivity index (χ3v) is 2.82. The largest absolute Gasteiger partial charge is 0.289 e. The molecule has 0 bridgehead atoms. The third kappa shape index (κ3) is 3.32. The molecule has 1 aromatic rings. The lowest BCUT2D eigenvalue weighted by molar-refractivity contribution is 0.0975. The fourth-order valence-corrected chi connectivity index (χ4v) is 2.01. The van der Waals surface area contributed by atoms with Crippen molar-refractivity contribution in [3.05, 3.63) is 59.2 Å². The molecule has 0 unspecified atom stereocenters. The van der Waals surface area contributed by atoms with Crippen molar-refractivity contribution >= 4 is 11.6 Å². The molecule has 108 valence electrons. The van der Waals surface area contributed by atoms with Crippen molar-refractivity contribution in [1.82, 2.24) is 0 Å². The Balaban J connectivity index is 0.000000829. The molecule has 0 spiro atoms. The van der Waals surface area contributed by atoms with Gasteiger partial charge in [0.05, 0.1) is 0 Å². The molecule has 0 amide bonds. The lowest BCUT2D eigenvalue weighted by Gasteiger charge is -2.17. The Morgan fingerprint density at radius 1 is 0.950 bits per heavy atom. The van der Waals surface area contributed by atoms with Crippen LogP contribution in [-0.4, -0.2) is 11.6 Å². The number of hydrogen-bond acceptors (Lipinski definition) is 2. The molecule has 0 saturated carbocycles.